The van der Waals surface area contributed by atoms with Gasteiger partial charge in [-0.1, -0.05) is 0 Å². The molecule has 7 nitrogen and oxygen atoms in total. The lowest BCUT2D eigenvalue weighted by Gasteiger charge is -2.29. The summed E-state index contributed by atoms with van der Waals surface area (Å²) in [7, 11) is 0. The highest BCUT2D eigenvalue weighted by atomic mass is 32.1. The molecule has 0 saturated carbocycles. The lowest BCUT2D eigenvalue weighted by atomic mass is 9.96. The summed E-state index contributed by atoms with van der Waals surface area (Å²) in [4.78, 5) is 20.9. The second-order valence-electron chi connectivity index (χ2n) is 7.92. The number of aryl methyl sites for hydroxylation is 1. The molecule has 1 fully saturated rings. The molecular weight excluding hydrogens is 396 g/mol. The van der Waals surface area contributed by atoms with Gasteiger partial charge in [0.05, 0.1) is 23.0 Å². The summed E-state index contributed by atoms with van der Waals surface area (Å²) in [5.41, 5.74) is 10.7. The van der Waals surface area contributed by atoms with Crippen LogP contribution in [0.1, 0.15) is 23.4 Å². The summed E-state index contributed by atoms with van der Waals surface area (Å²) in [6.45, 7) is 4.78. The summed E-state index contributed by atoms with van der Waals surface area (Å²) in [6, 6.07) is 8.50. The molecule has 3 N–H and O–H groups in total. The maximum atomic E-state index is 11.4. The molecule has 0 aromatic carbocycles. The number of nitrogens with one attached hydrogen (secondary N) is 1. The van der Waals surface area contributed by atoms with Gasteiger partial charge in [-0.3, -0.25) is 19.2 Å². The van der Waals surface area contributed by atoms with Gasteiger partial charge in [-0.15, -0.1) is 11.3 Å². The van der Waals surface area contributed by atoms with Gasteiger partial charge in [0.15, 0.2) is 0 Å². The Morgan fingerprint density at radius 1 is 1.23 bits per heavy atom. The van der Waals surface area contributed by atoms with Gasteiger partial charge in [0.2, 0.25) is 5.91 Å². The summed E-state index contributed by atoms with van der Waals surface area (Å²) in [6.07, 6.45) is 7.64. The van der Waals surface area contributed by atoms with Gasteiger partial charge >= 0.3 is 0 Å². The van der Waals surface area contributed by atoms with E-state index in [2.05, 4.69) is 48.9 Å². The first kappa shape index (κ1) is 19.0. The third-order valence-corrected chi connectivity index (χ3v) is 7.02. The Morgan fingerprint density at radius 2 is 2.07 bits per heavy atom. The fourth-order valence-electron chi connectivity index (χ4n) is 4.16. The molecule has 1 amide bonds. The Bertz CT molecular complexity index is 1200. The number of likely N-dealkylation sites (tertiary alicyclic amines) is 1. The Morgan fingerprint density at radius 3 is 2.80 bits per heavy atom. The van der Waals surface area contributed by atoms with Crippen LogP contribution in [0.3, 0.4) is 0 Å². The van der Waals surface area contributed by atoms with Gasteiger partial charge < -0.3 is 5.73 Å². The largest absolute Gasteiger partial charge is 0.369 e. The van der Waals surface area contributed by atoms with E-state index >= 15 is 0 Å². The summed E-state index contributed by atoms with van der Waals surface area (Å²) in [5, 5.41) is 7.14. The number of carbonyl (C=O) groups is 1. The van der Waals surface area contributed by atoms with E-state index in [9.17, 15) is 4.79 Å². The Labute approximate surface area is 178 Å². The summed E-state index contributed by atoms with van der Waals surface area (Å²) >= 11 is 1.80. The zero-order valence-corrected chi connectivity index (χ0v) is 17.7. The van der Waals surface area contributed by atoms with E-state index in [1.807, 2.05) is 25.4 Å². The number of piperidine rings is 1. The number of carbonyl (C=O) groups excluding carboxylic acids is 1. The highest BCUT2D eigenvalue weighted by molar-refractivity contribution is 7.15. The number of thiophene rings is 1. The maximum Gasteiger partial charge on any atom is 0.220 e. The summed E-state index contributed by atoms with van der Waals surface area (Å²) < 4.78 is 2.15. The van der Waals surface area contributed by atoms with Crippen molar-refractivity contribution in [2.75, 3.05) is 13.1 Å². The first-order valence-corrected chi connectivity index (χ1v) is 11.0. The zero-order chi connectivity index (χ0) is 20.7. The number of rotatable bonds is 5. The molecule has 4 aromatic rings. The van der Waals surface area contributed by atoms with E-state index < -0.39 is 0 Å². The third kappa shape index (κ3) is 3.53. The number of amides is 1. The second kappa shape index (κ2) is 7.70. The molecule has 0 bridgehead atoms. The lowest BCUT2D eigenvalue weighted by Crippen LogP contribution is -2.37. The van der Waals surface area contributed by atoms with Gasteiger partial charge in [0.25, 0.3) is 0 Å². The number of aromatic nitrogens is 4. The molecule has 30 heavy (non-hydrogen) atoms. The van der Waals surface area contributed by atoms with Crippen molar-refractivity contribution >= 4 is 22.9 Å². The molecule has 0 atom stereocenters. The van der Waals surface area contributed by atoms with Crippen molar-refractivity contribution in [3.8, 4) is 21.7 Å². The van der Waals surface area contributed by atoms with E-state index in [-0.39, 0.29) is 11.8 Å². The Hall–Kier alpha value is -2.97. The number of H-pyrrole nitrogens is 1. The molecule has 1 saturated heterocycles. The van der Waals surface area contributed by atoms with E-state index in [0.717, 1.165) is 60.6 Å². The van der Waals surface area contributed by atoms with Crippen LogP contribution in [0.15, 0.2) is 42.9 Å². The highest BCUT2D eigenvalue weighted by Gasteiger charge is 2.23. The number of nitrogens with two attached hydrogens (primary N) is 1. The molecule has 1 aliphatic rings. The molecular formula is C22H24N6OS. The molecule has 8 heteroatoms. The zero-order valence-electron chi connectivity index (χ0n) is 16.8. The Kier molecular flexibility index (Phi) is 4.88. The number of hydrogen-bond donors (Lipinski definition) is 2. The van der Waals surface area contributed by atoms with Gasteiger partial charge in [-0.2, -0.15) is 5.10 Å². The SMILES string of the molecule is Cc1[nH]ncc1-c1ccc2ncc(-c3ccc(CN4CCC(C(N)=O)CC4)s3)n2c1. The van der Waals surface area contributed by atoms with Crippen molar-refractivity contribution in [3.05, 3.63) is 53.4 Å². The van der Waals surface area contributed by atoms with Crippen LogP contribution in [0.25, 0.3) is 27.3 Å². The minimum atomic E-state index is -0.161. The first-order valence-electron chi connectivity index (χ1n) is 10.2. The van der Waals surface area contributed by atoms with Gasteiger partial charge in [-0.05, 0) is 57.1 Å². The second-order valence-corrected chi connectivity index (χ2v) is 9.09. The van der Waals surface area contributed by atoms with E-state index in [1.165, 1.54) is 9.75 Å². The van der Waals surface area contributed by atoms with Crippen molar-refractivity contribution in [2.45, 2.75) is 26.3 Å². The van der Waals surface area contributed by atoms with Crippen LogP contribution in [0, 0.1) is 12.8 Å². The Balaban J connectivity index is 1.37. The number of pyridine rings is 1. The van der Waals surface area contributed by atoms with Crippen molar-refractivity contribution < 1.29 is 4.79 Å². The first-order chi connectivity index (χ1) is 14.6. The van der Waals surface area contributed by atoms with Gasteiger partial charge in [0.1, 0.15) is 5.65 Å². The van der Waals surface area contributed by atoms with Crippen molar-refractivity contribution in [2.24, 2.45) is 11.7 Å². The van der Waals surface area contributed by atoms with Crippen molar-refractivity contribution in [3.63, 3.8) is 0 Å². The van der Waals surface area contributed by atoms with Crippen molar-refractivity contribution in [1.29, 1.82) is 0 Å². The molecule has 0 aliphatic carbocycles. The third-order valence-electron chi connectivity index (χ3n) is 5.93. The number of aromatic amines is 1. The molecule has 5 rings (SSSR count). The monoisotopic (exact) mass is 420 g/mol. The van der Waals surface area contributed by atoms with E-state index in [1.54, 1.807) is 11.3 Å². The van der Waals surface area contributed by atoms with Gasteiger partial charge in [-0.25, -0.2) is 4.98 Å². The molecule has 1 aliphatic heterocycles. The number of imidazole rings is 1. The van der Waals surface area contributed by atoms with Crippen LogP contribution in [0.5, 0.6) is 0 Å². The quantitative estimate of drug-likeness (QED) is 0.517. The minimum absolute atomic E-state index is 0.0337. The van der Waals surface area contributed by atoms with Crippen LogP contribution in [-0.2, 0) is 11.3 Å². The standard InChI is InChI=1S/C22H24N6OS/c1-14-18(10-25-26-14)16-2-5-21-24-11-19(28(21)12-16)20-4-3-17(30-20)13-27-8-6-15(7-9-27)22(23)29/h2-5,10-12,15H,6-9,13H2,1H3,(H2,23,29)(H,25,26). The smallest absolute Gasteiger partial charge is 0.220 e. The molecule has 0 spiro atoms. The van der Waals surface area contributed by atoms with Gasteiger partial charge in [0, 0.05) is 40.4 Å². The lowest BCUT2D eigenvalue weighted by molar-refractivity contribution is -0.123. The summed E-state index contributed by atoms with van der Waals surface area (Å²) in [5.74, 6) is -0.128. The fourth-order valence-corrected chi connectivity index (χ4v) is 5.22. The number of nitrogens with zero attached hydrogens (tertiary/aromatic N) is 4. The molecule has 0 unspecified atom stereocenters. The molecule has 0 radical (unpaired) electrons. The normalized spacial score (nSPS) is 15.8. The van der Waals surface area contributed by atoms with Crippen LogP contribution in [0.2, 0.25) is 0 Å². The number of primary amides is 1. The average Bonchev–Trinajstić information content (AvgIpc) is 3.47. The topological polar surface area (TPSA) is 92.3 Å². The van der Waals surface area contributed by atoms with E-state index in [0.29, 0.717) is 0 Å². The predicted octanol–water partition coefficient (Wildman–Crippen LogP) is 3.46. The number of fused-ring (bicyclic) bond motifs is 1. The maximum absolute atomic E-state index is 11.4. The average molecular weight is 421 g/mol. The highest BCUT2D eigenvalue weighted by Crippen LogP contribution is 2.32. The van der Waals surface area contributed by atoms with Crippen LogP contribution in [0.4, 0.5) is 0 Å². The number of hydrogen-bond acceptors (Lipinski definition) is 5. The molecule has 5 heterocycles. The minimum Gasteiger partial charge on any atom is -0.369 e. The molecule has 4 aromatic heterocycles. The van der Waals surface area contributed by atoms with Crippen LogP contribution < -0.4 is 5.73 Å². The van der Waals surface area contributed by atoms with Crippen LogP contribution >= 0.6 is 11.3 Å². The van der Waals surface area contributed by atoms with Crippen molar-refractivity contribution in [1.82, 2.24) is 24.5 Å². The molecule has 154 valence electrons. The fraction of sp³-hybridized carbons (Fsp3) is 0.318. The predicted molar refractivity (Wildman–Crippen MR) is 118 cm³/mol. The van der Waals surface area contributed by atoms with Crippen LogP contribution in [-0.4, -0.2) is 43.5 Å². The van der Waals surface area contributed by atoms with E-state index in [4.69, 9.17) is 5.73 Å².